The molecular formula is C18H21FN2O2S. The van der Waals surface area contributed by atoms with Crippen molar-refractivity contribution in [1.29, 1.82) is 0 Å². The van der Waals surface area contributed by atoms with Crippen molar-refractivity contribution in [2.75, 3.05) is 6.54 Å². The molecule has 0 radical (unpaired) electrons. The van der Waals surface area contributed by atoms with E-state index in [1.165, 1.54) is 12.1 Å². The second-order valence-corrected chi connectivity index (χ2v) is 8.33. The van der Waals surface area contributed by atoms with Gasteiger partial charge in [-0.1, -0.05) is 24.6 Å². The molecule has 0 spiro atoms. The van der Waals surface area contributed by atoms with Crippen LogP contribution in [0, 0.1) is 12.7 Å². The van der Waals surface area contributed by atoms with Crippen molar-refractivity contribution in [2.24, 2.45) is 0 Å². The summed E-state index contributed by atoms with van der Waals surface area (Å²) in [5.74, 6) is -0.833. The van der Waals surface area contributed by atoms with Crippen molar-refractivity contribution < 1.29 is 12.8 Å². The van der Waals surface area contributed by atoms with Crippen LogP contribution in [0.25, 0.3) is 0 Å². The Morgan fingerprint density at radius 2 is 2.04 bits per heavy atom. The van der Waals surface area contributed by atoms with Gasteiger partial charge in [-0.25, -0.2) is 17.5 Å². The lowest BCUT2D eigenvalue weighted by Crippen LogP contribution is -2.46. The minimum absolute atomic E-state index is 0.189. The molecule has 6 heteroatoms. The first-order valence-corrected chi connectivity index (χ1v) is 9.69. The molecule has 1 aliphatic carbocycles. The molecule has 1 aromatic heterocycles. The number of sulfonamides is 1. The number of hydrogen-bond acceptors (Lipinski definition) is 3. The van der Waals surface area contributed by atoms with E-state index in [1.54, 1.807) is 19.2 Å². The highest BCUT2D eigenvalue weighted by Crippen LogP contribution is 2.42. The summed E-state index contributed by atoms with van der Waals surface area (Å²) in [4.78, 5) is 4.39. The van der Waals surface area contributed by atoms with Crippen molar-refractivity contribution in [2.45, 2.75) is 37.4 Å². The predicted molar refractivity (Wildman–Crippen MR) is 91.5 cm³/mol. The molecule has 0 bridgehead atoms. The van der Waals surface area contributed by atoms with E-state index in [0.717, 1.165) is 30.5 Å². The van der Waals surface area contributed by atoms with Gasteiger partial charge in [0.15, 0.2) is 0 Å². The molecule has 1 heterocycles. The van der Waals surface area contributed by atoms with Gasteiger partial charge in [-0.05, 0) is 43.5 Å². The van der Waals surface area contributed by atoms with Gasteiger partial charge in [-0.15, -0.1) is 0 Å². The van der Waals surface area contributed by atoms with Gasteiger partial charge in [0.2, 0.25) is 10.0 Å². The fraction of sp³-hybridized carbons (Fsp3) is 0.389. The molecule has 1 aliphatic rings. The van der Waals surface area contributed by atoms with Crippen molar-refractivity contribution in [3.63, 3.8) is 0 Å². The first-order chi connectivity index (χ1) is 11.4. The Hall–Kier alpha value is -1.79. The lowest BCUT2D eigenvalue weighted by atomic mass is 9.66. The molecule has 1 fully saturated rings. The van der Waals surface area contributed by atoms with Gasteiger partial charge in [0.1, 0.15) is 5.82 Å². The number of nitrogens with zero attached hydrogens (tertiary/aromatic N) is 1. The van der Waals surface area contributed by atoms with Crippen LogP contribution in [-0.2, 0) is 21.2 Å². The summed E-state index contributed by atoms with van der Waals surface area (Å²) in [6.07, 6.45) is 4.60. The summed E-state index contributed by atoms with van der Waals surface area (Å²) in [6.45, 7) is 2.08. The Morgan fingerprint density at radius 3 is 2.62 bits per heavy atom. The molecule has 4 nitrogen and oxygen atoms in total. The van der Waals surface area contributed by atoms with E-state index in [2.05, 4.69) is 9.71 Å². The Kier molecular flexibility index (Phi) is 4.69. The molecule has 3 rings (SSSR count). The van der Waals surface area contributed by atoms with Gasteiger partial charge in [0, 0.05) is 29.4 Å². The van der Waals surface area contributed by atoms with Crippen LogP contribution in [0.5, 0.6) is 0 Å². The highest BCUT2D eigenvalue weighted by Gasteiger charge is 2.40. The molecular weight excluding hydrogens is 327 g/mol. The lowest BCUT2D eigenvalue weighted by Gasteiger charge is -2.41. The molecule has 1 N–H and O–H groups in total. The third kappa shape index (κ3) is 3.65. The summed E-state index contributed by atoms with van der Waals surface area (Å²) in [6, 6.07) is 10.3. The maximum absolute atomic E-state index is 13.9. The van der Waals surface area contributed by atoms with E-state index in [4.69, 9.17) is 0 Å². The Bertz CT molecular complexity index is 818. The van der Waals surface area contributed by atoms with Crippen LogP contribution >= 0.6 is 0 Å². The largest absolute Gasteiger partial charge is 0.261 e. The number of benzene rings is 1. The Labute approximate surface area is 142 Å². The maximum atomic E-state index is 13.9. The minimum Gasteiger partial charge on any atom is -0.261 e. The van der Waals surface area contributed by atoms with Crippen LogP contribution in [0.4, 0.5) is 4.39 Å². The van der Waals surface area contributed by atoms with Gasteiger partial charge in [0.25, 0.3) is 0 Å². The first-order valence-electron chi connectivity index (χ1n) is 8.04. The number of pyridine rings is 1. The zero-order valence-electron chi connectivity index (χ0n) is 13.6. The van der Waals surface area contributed by atoms with E-state index in [-0.39, 0.29) is 16.7 Å². The third-order valence-corrected chi connectivity index (χ3v) is 5.98. The fourth-order valence-corrected chi connectivity index (χ4v) is 4.32. The Balaban J connectivity index is 1.71. The molecule has 2 aromatic rings. The number of hydrogen-bond donors (Lipinski definition) is 1. The Morgan fingerprint density at radius 1 is 1.25 bits per heavy atom. The van der Waals surface area contributed by atoms with Crippen molar-refractivity contribution in [1.82, 2.24) is 9.71 Å². The zero-order valence-corrected chi connectivity index (χ0v) is 14.4. The lowest BCUT2D eigenvalue weighted by molar-refractivity contribution is 0.238. The summed E-state index contributed by atoms with van der Waals surface area (Å²) >= 11 is 0. The number of rotatable bonds is 6. The average molecular weight is 348 g/mol. The monoisotopic (exact) mass is 348 g/mol. The average Bonchev–Trinajstić information content (AvgIpc) is 2.50. The smallest absolute Gasteiger partial charge is 0.215 e. The van der Waals surface area contributed by atoms with E-state index in [9.17, 15) is 12.8 Å². The molecule has 24 heavy (non-hydrogen) atoms. The number of aromatic nitrogens is 1. The second kappa shape index (κ2) is 6.61. The number of aryl methyl sites for hydroxylation is 1. The van der Waals surface area contributed by atoms with Crippen molar-refractivity contribution in [3.05, 3.63) is 65.2 Å². The maximum Gasteiger partial charge on any atom is 0.215 e. The summed E-state index contributed by atoms with van der Waals surface area (Å²) in [5.41, 5.74) is 1.64. The highest BCUT2D eigenvalue weighted by atomic mass is 32.2. The summed E-state index contributed by atoms with van der Waals surface area (Å²) in [5, 5.41) is 0. The van der Waals surface area contributed by atoms with Crippen LogP contribution in [0.15, 0.2) is 42.6 Å². The standard InChI is InChI=1S/C18H21FN2O2S/c1-14-6-7-15(16(19)11-14)12-24(22,23)21-13-18(8-4-9-18)17-5-2-3-10-20-17/h2-3,5-7,10-11,21H,4,8-9,12-13H2,1H3. The normalized spacial score (nSPS) is 16.6. The van der Waals surface area contributed by atoms with Crippen LogP contribution < -0.4 is 4.72 Å². The topological polar surface area (TPSA) is 59.1 Å². The van der Waals surface area contributed by atoms with Gasteiger partial charge in [-0.2, -0.15) is 0 Å². The van der Waals surface area contributed by atoms with Gasteiger partial charge < -0.3 is 0 Å². The van der Waals surface area contributed by atoms with Crippen LogP contribution in [0.2, 0.25) is 0 Å². The van der Waals surface area contributed by atoms with E-state index >= 15 is 0 Å². The molecule has 0 aliphatic heterocycles. The van der Waals surface area contributed by atoms with E-state index < -0.39 is 15.8 Å². The molecule has 1 aromatic carbocycles. The van der Waals surface area contributed by atoms with Gasteiger partial charge >= 0.3 is 0 Å². The first kappa shape index (κ1) is 17.0. The van der Waals surface area contributed by atoms with Crippen molar-refractivity contribution in [3.8, 4) is 0 Å². The molecule has 0 amide bonds. The highest BCUT2D eigenvalue weighted by molar-refractivity contribution is 7.88. The van der Waals surface area contributed by atoms with Crippen LogP contribution in [0.3, 0.4) is 0 Å². The number of halogens is 1. The number of nitrogens with one attached hydrogen (secondary N) is 1. The van der Waals surface area contributed by atoms with Gasteiger partial charge in [0.05, 0.1) is 5.75 Å². The third-order valence-electron chi connectivity index (χ3n) is 4.70. The summed E-state index contributed by atoms with van der Waals surface area (Å²) < 4.78 is 41.3. The van der Waals surface area contributed by atoms with E-state index in [0.29, 0.717) is 6.54 Å². The SMILES string of the molecule is Cc1ccc(CS(=O)(=O)NCC2(c3ccccn3)CCC2)c(F)c1. The van der Waals surface area contributed by atoms with E-state index in [1.807, 2.05) is 18.2 Å². The molecule has 128 valence electrons. The fourth-order valence-electron chi connectivity index (χ4n) is 3.08. The summed E-state index contributed by atoms with van der Waals surface area (Å²) in [7, 11) is -3.61. The zero-order chi connectivity index (χ0) is 17.2. The minimum atomic E-state index is -3.61. The molecule has 0 unspecified atom stereocenters. The van der Waals surface area contributed by atoms with Crippen LogP contribution in [-0.4, -0.2) is 19.9 Å². The van der Waals surface area contributed by atoms with Crippen LogP contribution in [0.1, 0.15) is 36.1 Å². The predicted octanol–water partition coefficient (Wildman–Crippen LogP) is 3.07. The molecule has 0 saturated heterocycles. The second-order valence-electron chi connectivity index (χ2n) is 6.52. The molecule has 0 atom stereocenters. The van der Waals surface area contributed by atoms with Crippen molar-refractivity contribution >= 4 is 10.0 Å². The van der Waals surface area contributed by atoms with Gasteiger partial charge in [-0.3, -0.25) is 4.98 Å². The molecule has 1 saturated carbocycles. The quantitative estimate of drug-likeness (QED) is 0.873.